The van der Waals surface area contributed by atoms with Crippen molar-refractivity contribution < 1.29 is 19.1 Å². The fourth-order valence-corrected chi connectivity index (χ4v) is 5.12. The van der Waals surface area contributed by atoms with Crippen LogP contribution in [-0.2, 0) is 14.3 Å². The molecule has 0 aliphatic carbocycles. The summed E-state index contributed by atoms with van der Waals surface area (Å²) in [7, 11) is 0. The van der Waals surface area contributed by atoms with E-state index in [0.717, 1.165) is 10.1 Å². The Balaban J connectivity index is 1.76. The van der Waals surface area contributed by atoms with Crippen LogP contribution in [0.3, 0.4) is 0 Å². The fraction of sp³-hybridized carbons (Fsp3) is 0.500. The molecular weight excluding hydrogens is 402 g/mol. The summed E-state index contributed by atoms with van der Waals surface area (Å²) in [5, 5.41) is 4.21. The number of anilines is 1. The number of fused-ring (bicyclic) bond motifs is 1. The standard InChI is InChI=1S/C22H29N3O4S/c1-3-24-17(26)13-22(14-18(27)29-4-2)9-11-25(12-10-22)21(28)19-15-7-5-6-8-16(15)30-20(19)23/h5-8H,3-4,9-14,23H2,1-2H3,(H,24,26). The highest BCUT2D eigenvalue weighted by Gasteiger charge is 2.40. The Morgan fingerprint density at radius 3 is 2.53 bits per heavy atom. The molecule has 0 atom stereocenters. The van der Waals surface area contributed by atoms with Crippen LogP contribution in [0, 0.1) is 5.41 Å². The maximum Gasteiger partial charge on any atom is 0.306 e. The summed E-state index contributed by atoms with van der Waals surface area (Å²) in [6.45, 7) is 5.44. The minimum Gasteiger partial charge on any atom is -0.466 e. The maximum atomic E-state index is 13.2. The second-order valence-electron chi connectivity index (χ2n) is 7.74. The number of rotatable bonds is 7. The second kappa shape index (κ2) is 9.47. The lowest BCUT2D eigenvalue weighted by Gasteiger charge is -2.41. The molecule has 1 aliphatic heterocycles. The number of nitrogens with two attached hydrogens (primary N) is 1. The van der Waals surface area contributed by atoms with Crippen molar-refractivity contribution >= 4 is 44.2 Å². The number of nitrogens with one attached hydrogen (secondary N) is 1. The molecule has 3 N–H and O–H groups in total. The number of piperidine rings is 1. The monoisotopic (exact) mass is 431 g/mol. The molecule has 7 nitrogen and oxygen atoms in total. The van der Waals surface area contributed by atoms with Crippen molar-refractivity contribution in [2.24, 2.45) is 5.41 Å². The minimum atomic E-state index is -0.495. The lowest BCUT2D eigenvalue weighted by Crippen LogP contribution is -2.46. The van der Waals surface area contributed by atoms with Crippen LogP contribution in [0.2, 0.25) is 0 Å². The van der Waals surface area contributed by atoms with Crippen LogP contribution in [0.25, 0.3) is 10.1 Å². The number of carbonyl (C=O) groups excluding carboxylic acids is 3. The normalized spacial score (nSPS) is 15.7. The molecular formula is C22H29N3O4S. The molecule has 1 aliphatic rings. The molecule has 2 amide bonds. The summed E-state index contributed by atoms with van der Waals surface area (Å²) in [6.07, 6.45) is 1.57. The molecule has 1 aromatic carbocycles. The van der Waals surface area contributed by atoms with E-state index in [1.165, 1.54) is 11.3 Å². The number of benzene rings is 1. The zero-order chi connectivity index (χ0) is 21.7. The van der Waals surface area contributed by atoms with Gasteiger partial charge in [0.2, 0.25) is 5.91 Å². The zero-order valence-electron chi connectivity index (χ0n) is 17.5. The number of carbonyl (C=O) groups is 3. The third kappa shape index (κ3) is 4.75. The van der Waals surface area contributed by atoms with Gasteiger partial charge in [0.25, 0.3) is 5.91 Å². The van der Waals surface area contributed by atoms with Crippen LogP contribution >= 0.6 is 11.3 Å². The molecule has 30 heavy (non-hydrogen) atoms. The molecule has 0 saturated carbocycles. The van der Waals surface area contributed by atoms with E-state index < -0.39 is 5.41 Å². The van der Waals surface area contributed by atoms with Crippen LogP contribution in [0.15, 0.2) is 24.3 Å². The third-order valence-electron chi connectivity index (χ3n) is 5.68. The highest BCUT2D eigenvalue weighted by molar-refractivity contribution is 7.23. The zero-order valence-corrected chi connectivity index (χ0v) is 18.3. The van der Waals surface area contributed by atoms with E-state index in [9.17, 15) is 14.4 Å². The molecule has 8 heteroatoms. The molecule has 0 radical (unpaired) electrons. The van der Waals surface area contributed by atoms with Gasteiger partial charge in [-0.05, 0) is 38.2 Å². The first-order valence-electron chi connectivity index (χ1n) is 10.4. The Kier molecular flexibility index (Phi) is 6.97. The number of amides is 2. The lowest BCUT2D eigenvalue weighted by molar-refractivity contribution is -0.147. The smallest absolute Gasteiger partial charge is 0.306 e. The Hall–Kier alpha value is -2.61. The topological polar surface area (TPSA) is 102 Å². The van der Waals surface area contributed by atoms with Crippen LogP contribution < -0.4 is 11.1 Å². The molecule has 2 heterocycles. The summed E-state index contributed by atoms with van der Waals surface area (Å²) < 4.78 is 6.13. The SMILES string of the molecule is CCNC(=O)CC1(CC(=O)OCC)CCN(C(=O)c2c(N)sc3ccccc23)CC1. The van der Waals surface area contributed by atoms with E-state index in [1.54, 1.807) is 11.8 Å². The van der Waals surface area contributed by atoms with Crippen molar-refractivity contribution in [3.8, 4) is 0 Å². The molecule has 0 spiro atoms. The van der Waals surface area contributed by atoms with Crippen molar-refractivity contribution in [2.75, 3.05) is 32.0 Å². The van der Waals surface area contributed by atoms with Gasteiger partial charge in [0.05, 0.1) is 23.6 Å². The van der Waals surface area contributed by atoms with E-state index in [1.807, 2.05) is 31.2 Å². The number of hydrogen-bond donors (Lipinski definition) is 2. The molecule has 0 unspecified atom stereocenters. The number of ether oxygens (including phenoxy) is 1. The van der Waals surface area contributed by atoms with Crippen molar-refractivity contribution in [2.45, 2.75) is 39.5 Å². The predicted molar refractivity (Wildman–Crippen MR) is 118 cm³/mol. The van der Waals surface area contributed by atoms with Gasteiger partial charge in [-0.25, -0.2) is 0 Å². The summed E-state index contributed by atoms with van der Waals surface area (Å²) in [5.74, 6) is -0.461. The van der Waals surface area contributed by atoms with Gasteiger partial charge in [0.15, 0.2) is 0 Å². The molecule has 1 aromatic heterocycles. The molecule has 2 aromatic rings. The summed E-state index contributed by atoms with van der Waals surface area (Å²) in [4.78, 5) is 39.5. The number of esters is 1. The second-order valence-corrected chi connectivity index (χ2v) is 8.83. The first-order valence-corrected chi connectivity index (χ1v) is 11.2. The van der Waals surface area contributed by atoms with Gasteiger partial charge >= 0.3 is 5.97 Å². The molecule has 162 valence electrons. The summed E-state index contributed by atoms with van der Waals surface area (Å²) in [5.41, 5.74) is 6.23. The van der Waals surface area contributed by atoms with Crippen molar-refractivity contribution in [1.82, 2.24) is 10.2 Å². The Labute approximate surface area is 180 Å². The quantitative estimate of drug-likeness (QED) is 0.656. The van der Waals surface area contributed by atoms with Crippen LogP contribution in [0.4, 0.5) is 5.00 Å². The number of hydrogen-bond acceptors (Lipinski definition) is 6. The average Bonchev–Trinajstić information content (AvgIpc) is 3.04. The van der Waals surface area contributed by atoms with E-state index in [0.29, 0.717) is 49.6 Å². The van der Waals surface area contributed by atoms with Gasteiger partial charge in [-0.15, -0.1) is 11.3 Å². The lowest BCUT2D eigenvalue weighted by atomic mass is 9.72. The first-order chi connectivity index (χ1) is 14.4. The van der Waals surface area contributed by atoms with Crippen molar-refractivity contribution in [3.63, 3.8) is 0 Å². The van der Waals surface area contributed by atoms with Gasteiger partial charge in [0.1, 0.15) is 0 Å². The Morgan fingerprint density at radius 2 is 1.87 bits per heavy atom. The van der Waals surface area contributed by atoms with E-state index in [4.69, 9.17) is 10.5 Å². The molecule has 1 fully saturated rings. The molecule has 1 saturated heterocycles. The van der Waals surface area contributed by atoms with Gasteiger partial charge in [0, 0.05) is 36.1 Å². The van der Waals surface area contributed by atoms with Crippen LogP contribution in [0.1, 0.15) is 49.9 Å². The first kappa shape index (κ1) is 22.1. The van der Waals surface area contributed by atoms with Gasteiger partial charge in [-0.2, -0.15) is 0 Å². The number of nitrogens with zero attached hydrogens (tertiary/aromatic N) is 1. The Bertz CT molecular complexity index is 910. The Morgan fingerprint density at radius 1 is 1.17 bits per heavy atom. The van der Waals surface area contributed by atoms with E-state index in [-0.39, 0.29) is 30.6 Å². The molecule has 0 bridgehead atoms. The number of likely N-dealkylation sites (tertiary alicyclic amines) is 1. The minimum absolute atomic E-state index is 0.0744. The fourth-order valence-electron chi connectivity index (χ4n) is 4.16. The number of thiophene rings is 1. The third-order valence-corrected chi connectivity index (χ3v) is 6.68. The van der Waals surface area contributed by atoms with Crippen molar-refractivity contribution in [3.05, 3.63) is 29.8 Å². The van der Waals surface area contributed by atoms with Gasteiger partial charge in [-0.3, -0.25) is 14.4 Å². The maximum absolute atomic E-state index is 13.2. The molecule has 3 rings (SSSR count). The van der Waals surface area contributed by atoms with Crippen LogP contribution in [-0.4, -0.2) is 48.9 Å². The highest BCUT2D eigenvalue weighted by Crippen LogP contribution is 2.40. The summed E-state index contributed by atoms with van der Waals surface area (Å²) >= 11 is 1.41. The number of nitrogen functional groups attached to an aromatic ring is 1. The largest absolute Gasteiger partial charge is 0.466 e. The average molecular weight is 432 g/mol. The van der Waals surface area contributed by atoms with E-state index in [2.05, 4.69) is 5.32 Å². The van der Waals surface area contributed by atoms with Crippen LogP contribution in [0.5, 0.6) is 0 Å². The van der Waals surface area contributed by atoms with E-state index >= 15 is 0 Å². The highest BCUT2D eigenvalue weighted by atomic mass is 32.1. The predicted octanol–water partition coefficient (Wildman–Crippen LogP) is 3.19. The van der Waals surface area contributed by atoms with Gasteiger partial charge < -0.3 is 20.7 Å². The summed E-state index contributed by atoms with van der Waals surface area (Å²) in [6, 6.07) is 7.70. The van der Waals surface area contributed by atoms with Gasteiger partial charge in [-0.1, -0.05) is 18.2 Å². The van der Waals surface area contributed by atoms with Crippen molar-refractivity contribution in [1.29, 1.82) is 0 Å².